The Balaban J connectivity index is 2.57. The second kappa shape index (κ2) is 4.29. The fraction of sp³-hybridized carbons (Fsp3) is 0.667. The van der Waals surface area contributed by atoms with Gasteiger partial charge in [-0.15, -0.1) is 0 Å². The van der Waals surface area contributed by atoms with Gasteiger partial charge < -0.3 is 14.2 Å². The van der Waals surface area contributed by atoms with Crippen LogP contribution >= 0.6 is 11.6 Å². The summed E-state index contributed by atoms with van der Waals surface area (Å²) in [6.07, 6.45) is 1.19. The first-order valence-corrected chi connectivity index (χ1v) is 4.60. The van der Waals surface area contributed by atoms with Crippen LogP contribution in [0.1, 0.15) is 13.8 Å². The molecule has 0 aromatic carbocycles. The van der Waals surface area contributed by atoms with Crippen molar-refractivity contribution >= 4 is 17.6 Å². The number of hydrogen-bond donors (Lipinski definition) is 0. The van der Waals surface area contributed by atoms with Crippen LogP contribution in [0.25, 0.3) is 0 Å². The summed E-state index contributed by atoms with van der Waals surface area (Å²) in [5.41, 5.74) is 0. The van der Waals surface area contributed by atoms with Crippen molar-refractivity contribution in [1.29, 1.82) is 0 Å². The molecular weight excluding hydrogens is 208 g/mol. The van der Waals surface area contributed by atoms with Gasteiger partial charge >= 0.3 is 5.97 Å². The van der Waals surface area contributed by atoms with E-state index in [2.05, 4.69) is 4.74 Å². The lowest BCUT2D eigenvalue weighted by Crippen LogP contribution is -2.21. The SMILES string of the molecule is COC(=O)/C(Cl)=C/[C@H]1COC(C)(C)O1. The van der Waals surface area contributed by atoms with Crippen molar-refractivity contribution in [2.75, 3.05) is 13.7 Å². The molecule has 0 radical (unpaired) electrons. The molecule has 0 bridgehead atoms. The van der Waals surface area contributed by atoms with Crippen LogP contribution in [0.5, 0.6) is 0 Å². The number of carbonyl (C=O) groups excluding carboxylic acids is 1. The van der Waals surface area contributed by atoms with Crippen molar-refractivity contribution in [3.63, 3.8) is 0 Å². The predicted octanol–water partition coefficient (Wildman–Crippen LogP) is 1.43. The van der Waals surface area contributed by atoms with Gasteiger partial charge in [0.05, 0.1) is 13.7 Å². The topological polar surface area (TPSA) is 44.8 Å². The summed E-state index contributed by atoms with van der Waals surface area (Å²) in [6.45, 7) is 3.99. The Morgan fingerprint density at radius 1 is 1.64 bits per heavy atom. The molecule has 0 amide bonds. The Morgan fingerprint density at radius 3 is 2.71 bits per heavy atom. The van der Waals surface area contributed by atoms with Gasteiger partial charge in [-0.05, 0) is 19.9 Å². The molecule has 0 aliphatic carbocycles. The molecule has 1 rings (SSSR count). The van der Waals surface area contributed by atoms with E-state index in [-0.39, 0.29) is 11.1 Å². The smallest absolute Gasteiger partial charge is 0.349 e. The van der Waals surface area contributed by atoms with E-state index in [1.807, 2.05) is 0 Å². The third kappa shape index (κ3) is 2.97. The molecule has 1 atom stereocenters. The standard InChI is InChI=1S/C9H13ClO4/c1-9(2)13-5-6(14-9)4-7(10)8(11)12-3/h4,6H,5H2,1-3H3/b7-4-/t6-/m0/s1. The first-order valence-electron chi connectivity index (χ1n) is 4.22. The number of ether oxygens (including phenoxy) is 3. The first kappa shape index (κ1) is 11.5. The van der Waals surface area contributed by atoms with E-state index in [1.165, 1.54) is 13.2 Å². The number of rotatable bonds is 2. The van der Waals surface area contributed by atoms with E-state index < -0.39 is 11.8 Å². The molecule has 0 unspecified atom stereocenters. The Morgan fingerprint density at radius 2 is 2.29 bits per heavy atom. The van der Waals surface area contributed by atoms with Gasteiger partial charge in [0.2, 0.25) is 0 Å². The summed E-state index contributed by atoms with van der Waals surface area (Å²) in [6, 6.07) is 0. The first-order chi connectivity index (χ1) is 6.44. The maximum Gasteiger partial charge on any atom is 0.349 e. The quantitative estimate of drug-likeness (QED) is 0.522. The minimum Gasteiger partial charge on any atom is -0.465 e. The molecule has 5 heteroatoms. The molecule has 1 aliphatic rings. The molecule has 4 nitrogen and oxygen atoms in total. The molecule has 80 valence electrons. The maximum absolute atomic E-state index is 10.9. The van der Waals surface area contributed by atoms with Gasteiger partial charge in [0.1, 0.15) is 11.1 Å². The summed E-state index contributed by atoms with van der Waals surface area (Å²) >= 11 is 5.66. The summed E-state index contributed by atoms with van der Waals surface area (Å²) < 4.78 is 15.2. The third-order valence-corrected chi connectivity index (χ3v) is 2.02. The molecule has 1 fully saturated rings. The summed E-state index contributed by atoms with van der Waals surface area (Å²) in [4.78, 5) is 10.9. The van der Waals surface area contributed by atoms with Crippen LogP contribution in [-0.2, 0) is 19.0 Å². The second-order valence-electron chi connectivity index (χ2n) is 3.37. The van der Waals surface area contributed by atoms with Crippen molar-refractivity contribution in [1.82, 2.24) is 0 Å². The zero-order valence-electron chi connectivity index (χ0n) is 8.37. The van der Waals surface area contributed by atoms with E-state index in [1.54, 1.807) is 13.8 Å². The molecule has 0 saturated carbocycles. The third-order valence-electron chi connectivity index (χ3n) is 1.74. The Bertz CT molecular complexity index is 260. The van der Waals surface area contributed by atoms with Crippen LogP contribution in [-0.4, -0.2) is 31.6 Å². The van der Waals surface area contributed by atoms with Crippen molar-refractivity contribution in [2.45, 2.75) is 25.7 Å². The van der Waals surface area contributed by atoms with Crippen LogP contribution in [0.3, 0.4) is 0 Å². The van der Waals surface area contributed by atoms with E-state index in [0.29, 0.717) is 6.61 Å². The molecule has 0 aromatic heterocycles. The van der Waals surface area contributed by atoms with Crippen molar-refractivity contribution in [3.8, 4) is 0 Å². The molecule has 1 saturated heterocycles. The zero-order valence-corrected chi connectivity index (χ0v) is 9.13. The molecule has 14 heavy (non-hydrogen) atoms. The Labute approximate surface area is 87.8 Å². The van der Waals surface area contributed by atoms with E-state index >= 15 is 0 Å². The van der Waals surface area contributed by atoms with Crippen molar-refractivity contribution in [2.24, 2.45) is 0 Å². The largest absolute Gasteiger partial charge is 0.465 e. The summed E-state index contributed by atoms with van der Waals surface area (Å²) in [5, 5.41) is 0.0128. The van der Waals surface area contributed by atoms with E-state index in [0.717, 1.165) is 0 Å². The minimum absolute atomic E-state index is 0.0128. The number of esters is 1. The van der Waals surface area contributed by atoms with Crippen LogP contribution in [0.2, 0.25) is 0 Å². The number of halogens is 1. The van der Waals surface area contributed by atoms with Gasteiger partial charge in [0.25, 0.3) is 0 Å². The monoisotopic (exact) mass is 220 g/mol. The Hall–Kier alpha value is -0.580. The van der Waals surface area contributed by atoms with Gasteiger partial charge in [0.15, 0.2) is 5.79 Å². The normalized spacial score (nSPS) is 26.3. The van der Waals surface area contributed by atoms with E-state index in [9.17, 15) is 4.79 Å². The maximum atomic E-state index is 10.9. The highest BCUT2D eigenvalue weighted by Crippen LogP contribution is 2.24. The fourth-order valence-corrected chi connectivity index (χ4v) is 1.34. The van der Waals surface area contributed by atoms with Gasteiger partial charge in [-0.1, -0.05) is 11.6 Å². The van der Waals surface area contributed by atoms with E-state index in [4.69, 9.17) is 21.1 Å². The van der Waals surface area contributed by atoms with Crippen LogP contribution in [0.15, 0.2) is 11.1 Å². The zero-order chi connectivity index (χ0) is 10.8. The minimum atomic E-state index is -0.617. The van der Waals surface area contributed by atoms with Crippen molar-refractivity contribution in [3.05, 3.63) is 11.1 Å². The average Bonchev–Trinajstić information content (AvgIpc) is 2.44. The lowest BCUT2D eigenvalue weighted by atomic mass is 10.3. The van der Waals surface area contributed by atoms with Crippen LogP contribution in [0.4, 0.5) is 0 Å². The van der Waals surface area contributed by atoms with Gasteiger partial charge in [-0.2, -0.15) is 0 Å². The second-order valence-corrected chi connectivity index (χ2v) is 3.78. The molecule has 1 aliphatic heterocycles. The highest BCUT2D eigenvalue weighted by molar-refractivity contribution is 6.41. The summed E-state index contributed by atoms with van der Waals surface area (Å²) in [5.74, 6) is -1.19. The highest BCUT2D eigenvalue weighted by atomic mass is 35.5. The molecule has 0 spiro atoms. The summed E-state index contributed by atoms with van der Waals surface area (Å²) in [7, 11) is 1.27. The molecule has 1 heterocycles. The molecule has 0 aromatic rings. The Kier molecular flexibility index (Phi) is 3.53. The van der Waals surface area contributed by atoms with Crippen molar-refractivity contribution < 1.29 is 19.0 Å². The lowest BCUT2D eigenvalue weighted by Gasteiger charge is -2.15. The number of methoxy groups -OCH3 is 1. The van der Waals surface area contributed by atoms with Gasteiger partial charge in [0, 0.05) is 0 Å². The predicted molar refractivity (Wildman–Crippen MR) is 50.9 cm³/mol. The van der Waals surface area contributed by atoms with Gasteiger partial charge in [-0.3, -0.25) is 0 Å². The lowest BCUT2D eigenvalue weighted by molar-refractivity contribution is -0.137. The van der Waals surface area contributed by atoms with Crippen LogP contribution in [0, 0.1) is 0 Å². The molecular formula is C9H13ClO4. The van der Waals surface area contributed by atoms with Gasteiger partial charge in [-0.25, -0.2) is 4.79 Å². The molecule has 0 N–H and O–H groups in total. The highest BCUT2D eigenvalue weighted by Gasteiger charge is 2.32. The fourth-order valence-electron chi connectivity index (χ4n) is 1.13. The van der Waals surface area contributed by atoms with Crippen LogP contribution < -0.4 is 0 Å². The average molecular weight is 221 g/mol. The number of carbonyl (C=O) groups is 1. The number of hydrogen-bond acceptors (Lipinski definition) is 4.